The van der Waals surface area contributed by atoms with Crippen LogP contribution in [0.25, 0.3) is 11.3 Å². The largest absolute Gasteiger partial charge is 0.394 e. The summed E-state index contributed by atoms with van der Waals surface area (Å²) >= 11 is 0. The van der Waals surface area contributed by atoms with Gasteiger partial charge < -0.3 is 10.4 Å². The highest BCUT2D eigenvalue weighted by molar-refractivity contribution is 5.96. The zero-order chi connectivity index (χ0) is 21.5. The molecule has 0 radical (unpaired) electrons. The van der Waals surface area contributed by atoms with Crippen molar-refractivity contribution in [2.45, 2.75) is 33.2 Å². The van der Waals surface area contributed by atoms with E-state index in [-0.39, 0.29) is 24.7 Å². The van der Waals surface area contributed by atoms with E-state index < -0.39 is 0 Å². The number of carbonyl (C=O) groups excluding carboxylic acids is 1. The molecule has 0 aliphatic rings. The van der Waals surface area contributed by atoms with Crippen LogP contribution in [0.4, 0.5) is 11.6 Å². The quantitative estimate of drug-likeness (QED) is 0.524. The number of carbonyl (C=O) groups is 1. The first-order valence-electron chi connectivity index (χ1n) is 9.81. The van der Waals surface area contributed by atoms with Gasteiger partial charge in [-0.2, -0.15) is 10.4 Å². The van der Waals surface area contributed by atoms with Crippen LogP contribution in [0, 0.1) is 24.2 Å². The second-order valence-corrected chi connectivity index (χ2v) is 7.00. The molecule has 0 saturated heterocycles. The molecule has 0 aliphatic heterocycles. The fourth-order valence-electron chi connectivity index (χ4n) is 3.01. The number of hydrogen-bond acceptors (Lipinski definition) is 7. The molecule has 0 saturated carbocycles. The molecule has 0 fully saturated rings. The van der Waals surface area contributed by atoms with Gasteiger partial charge in [0.15, 0.2) is 5.78 Å². The van der Waals surface area contributed by atoms with Gasteiger partial charge in [0.25, 0.3) is 0 Å². The number of Topliss-reactive ketones (excluding diaryl/α,β-unsaturated/α-hetero) is 1. The SMILES string of the molecule is CC[C@@H](C#N)CC(=O)c1ccc(-c2nc(Nc3cnn(CCO)c3)ncc2C)cc1. The minimum Gasteiger partial charge on any atom is -0.394 e. The molecule has 3 rings (SSSR count). The average Bonchev–Trinajstić information content (AvgIpc) is 3.20. The van der Waals surface area contributed by atoms with Crippen LogP contribution in [0.5, 0.6) is 0 Å². The van der Waals surface area contributed by atoms with Gasteiger partial charge in [-0.1, -0.05) is 31.2 Å². The first kappa shape index (κ1) is 21.1. The number of rotatable bonds is 9. The van der Waals surface area contributed by atoms with Gasteiger partial charge >= 0.3 is 0 Å². The Kier molecular flexibility index (Phi) is 6.88. The molecule has 0 aliphatic carbocycles. The molecular formula is C22H24N6O2. The fourth-order valence-corrected chi connectivity index (χ4v) is 3.01. The minimum atomic E-state index is -0.253. The highest BCUT2D eigenvalue weighted by Gasteiger charge is 2.14. The summed E-state index contributed by atoms with van der Waals surface area (Å²) in [5.74, 6) is 0.146. The number of aromatic nitrogens is 4. The molecule has 8 heteroatoms. The number of nitriles is 1. The minimum absolute atomic E-state index is 0.0143. The standard InChI is InChI=1S/C22H24N6O2/c1-3-16(11-23)10-20(30)17-4-6-18(7-5-17)21-15(2)12-24-22(27-21)26-19-13-25-28(14-19)8-9-29/h4-7,12-14,16,29H,3,8-10H2,1-2H3,(H,24,26,27)/t16-/m1/s1. The maximum absolute atomic E-state index is 12.4. The van der Waals surface area contributed by atoms with E-state index in [0.29, 0.717) is 24.5 Å². The summed E-state index contributed by atoms with van der Waals surface area (Å²) in [6.07, 6.45) is 6.04. The van der Waals surface area contributed by atoms with Crippen LogP contribution in [0.1, 0.15) is 35.7 Å². The topological polar surface area (TPSA) is 117 Å². The van der Waals surface area contributed by atoms with E-state index in [1.165, 1.54) is 0 Å². The Morgan fingerprint density at radius 3 is 2.73 bits per heavy atom. The van der Waals surface area contributed by atoms with E-state index in [9.17, 15) is 4.79 Å². The number of aryl methyl sites for hydroxylation is 1. The maximum atomic E-state index is 12.4. The molecule has 2 heterocycles. The Labute approximate surface area is 175 Å². The van der Waals surface area contributed by atoms with Gasteiger partial charge in [-0.25, -0.2) is 9.97 Å². The lowest BCUT2D eigenvalue weighted by Crippen LogP contribution is -2.06. The van der Waals surface area contributed by atoms with Crippen molar-refractivity contribution in [3.8, 4) is 17.3 Å². The molecule has 154 valence electrons. The van der Waals surface area contributed by atoms with Crippen molar-refractivity contribution in [3.63, 3.8) is 0 Å². The number of hydrogen-bond donors (Lipinski definition) is 2. The van der Waals surface area contributed by atoms with Crippen LogP contribution in [0.2, 0.25) is 0 Å². The Bertz CT molecular complexity index is 1050. The average molecular weight is 404 g/mol. The first-order valence-corrected chi connectivity index (χ1v) is 9.81. The third-order valence-corrected chi connectivity index (χ3v) is 4.78. The predicted molar refractivity (Wildman–Crippen MR) is 113 cm³/mol. The molecule has 2 N–H and O–H groups in total. The zero-order valence-corrected chi connectivity index (χ0v) is 17.0. The zero-order valence-electron chi connectivity index (χ0n) is 17.0. The first-order chi connectivity index (χ1) is 14.5. The molecule has 8 nitrogen and oxygen atoms in total. The lowest BCUT2D eigenvalue weighted by Gasteiger charge is -2.09. The number of nitrogens with zero attached hydrogens (tertiary/aromatic N) is 5. The van der Waals surface area contributed by atoms with E-state index in [2.05, 4.69) is 26.5 Å². The summed E-state index contributed by atoms with van der Waals surface area (Å²) in [5, 5.41) is 25.3. The number of aliphatic hydroxyl groups excluding tert-OH is 1. The van der Waals surface area contributed by atoms with Gasteiger partial charge in [0.2, 0.25) is 5.95 Å². The van der Waals surface area contributed by atoms with Crippen molar-refractivity contribution < 1.29 is 9.90 Å². The van der Waals surface area contributed by atoms with Gasteiger partial charge in [0.1, 0.15) is 0 Å². The van der Waals surface area contributed by atoms with E-state index in [0.717, 1.165) is 22.5 Å². The highest BCUT2D eigenvalue weighted by Crippen LogP contribution is 2.24. The second kappa shape index (κ2) is 9.76. The normalized spacial score (nSPS) is 11.7. The fraction of sp³-hybridized carbons (Fsp3) is 0.318. The van der Waals surface area contributed by atoms with Crippen LogP contribution < -0.4 is 5.32 Å². The van der Waals surface area contributed by atoms with Crippen molar-refractivity contribution in [1.29, 1.82) is 5.26 Å². The predicted octanol–water partition coefficient (Wildman–Crippen LogP) is 3.51. The van der Waals surface area contributed by atoms with E-state index in [4.69, 9.17) is 10.4 Å². The van der Waals surface area contributed by atoms with Gasteiger partial charge in [0.05, 0.1) is 42.7 Å². The molecule has 1 atom stereocenters. The van der Waals surface area contributed by atoms with Crippen LogP contribution in [0.15, 0.2) is 42.9 Å². The van der Waals surface area contributed by atoms with Crippen LogP contribution in [-0.4, -0.2) is 37.2 Å². The van der Waals surface area contributed by atoms with Gasteiger partial charge in [-0.05, 0) is 18.9 Å². The Morgan fingerprint density at radius 2 is 2.07 bits per heavy atom. The summed E-state index contributed by atoms with van der Waals surface area (Å²) in [7, 11) is 0. The summed E-state index contributed by atoms with van der Waals surface area (Å²) in [6.45, 7) is 4.27. The molecule has 0 amide bonds. The Hall–Kier alpha value is -3.57. The lowest BCUT2D eigenvalue weighted by atomic mass is 9.96. The molecular weight excluding hydrogens is 380 g/mol. The monoisotopic (exact) mass is 404 g/mol. The van der Waals surface area contributed by atoms with Crippen LogP contribution >= 0.6 is 0 Å². The van der Waals surface area contributed by atoms with Gasteiger partial charge in [-0.3, -0.25) is 9.48 Å². The summed E-state index contributed by atoms with van der Waals surface area (Å²) in [5.41, 5.74) is 3.86. The molecule has 3 aromatic rings. The number of nitrogens with one attached hydrogen (secondary N) is 1. The van der Waals surface area contributed by atoms with Crippen molar-refractivity contribution in [2.24, 2.45) is 5.92 Å². The summed E-state index contributed by atoms with van der Waals surface area (Å²) in [6, 6.07) is 9.44. The number of aliphatic hydroxyl groups is 1. The Morgan fingerprint density at radius 1 is 1.30 bits per heavy atom. The third kappa shape index (κ3) is 5.07. The van der Waals surface area contributed by atoms with Crippen molar-refractivity contribution in [2.75, 3.05) is 11.9 Å². The van der Waals surface area contributed by atoms with E-state index in [1.54, 1.807) is 35.4 Å². The number of anilines is 2. The number of ketones is 1. The lowest BCUT2D eigenvalue weighted by molar-refractivity contribution is 0.0969. The van der Waals surface area contributed by atoms with Gasteiger partial charge in [-0.15, -0.1) is 0 Å². The van der Waals surface area contributed by atoms with Crippen molar-refractivity contribution >= 4 is 17.4 Å². The molecule has 0 bridgehead atoms. The highest BCUT2D eigenvalue weighted by atomic mass is 16.3. The van der Waals surface area contributed by atoms with Crippen LogP contribution in [-0.2, 0) is 6.54 Å². The molecule has 0 spiro atoms. The molecule has 2 aromatic heterocycles. The van der Waals surface area contributed by atoms with Crippen molar-refractivity contribution in [1.82, 2.24) is 19.7 Å². The van der Waals surface area contributed by atoms with Gasteiger partial charge in [0, 0.05) is 29.9 Å². The van der Waals surface area contributed by atoms with Crippen molar-refractivity contribution in [3.05, 3.63) is 54.0 Å². The van der Waals surface area contributed by atoms with E-state index >= 15 is 0 Å². The molecule has 30 heavy (non-hydrogen) atoms. The maximum Gasteiger partial charge on any atom is 0.227 e. The summed E-state index contributed by atoms with van der Waals surface area (Å²) < 4.78 is 1.63. The smallest absolute Gasteiger partial charge is 0.227 e. The third-order valence-electron chi connectivity index (χ3n) is 4.78. The Balaban J connectivity index is 1.77. The van der Waals surface area contributed by atoms with Crippen LogP contribution in [0.3, 0.4) is 0 Å². The molecule has 1 aromatic carbocycles. The second-order valence-electron chi connectivity index (χ2n) is 7.00. The van der Waals surface area contributed by atoms with E-state index in [1.807, 2.05) is 26.0 Å². The summed E-state index contributed by atoms with van der Waals surface area (Å²) in [4.78, 5) is 21.3. The number of benzene rings is 1. The molecule has 0 unspecified atom stereocenters.